The minimum absolute atomic E-state index is 0.0136. The zero-order chi connectivity index (χ0) is 26.5. The molecule has 5 aliphatic rings. The Morgan fingerprint density at radius 3 is 2.25 bits per heavy atom. The van der Waals surface area contributed by atoms with Gasteiger partial charge in [-0.15, -0.1) is 0 Å². The Morgan fingerprint density at radius 1 is 0.917 bits per heavy atom. The van der Waals surface area contributed by atoms with Gasteiger partial charge in [-0.05, 0) is 116 Å². The number of esters is 1. The number of carbonyl (C=O) groups is 2. The molecule has 0 radical (unpaired) electrons. The van der Waals surface area contributed by atoms with Crippen molar-refractivity contribution >= 4 is 11.9 Å². The van der Waals surface area contributed by atoms with E-state index in [0.717, 1.165) is 37.5 Å². The first-order chi connectivity index (χ1) is 16.6. The van der Waals surface area contributed by atoms with Crippen LogP contribution < -0.4 is 0 Å². The topological polar surface area (TPSA) is 63.6 Å². The Morgan fingerprint density at radius 2 is 1.61 bits per heavy atom. The Labute approximate surface area is 219 Å². The summed E-state index contributed by atoms with van der Waals surface area (Å²) in [6.45, 7) is 18.4. The van der Waals surface area contributed by atoms with Crippen LogP contribution >= 0.6 is 0 Å². The second-order valence-corrected chi connectivity index (χ2v) is 15.0. The maximum Gasteiger partial charge on any atom is 0.313 e. The van der Waals surface area contributed by atoms with Gasteiger partial charge in [0.05, 0.1) is 0 Å². The Balaban J connectivity index is 1.57. The van der Waals surface area contributed by atoms with Crippen LogP contribution in [0.2, 0.25) is 0 Å². The molecule has 0 heterocycles. The van der Waals surface area contributed by atoms with Crippen molar-refractivity contribution in [2.45, 2.75) is 119 Å². The normalized spacial score (nSPS) is 54.2. The second-order valence-electron chi connectivity index (χ2n) is 15.0. The fourth-order valence-corrected chi connectivity index (χ4v) is 11.2. The molecule has 5 aliphatic carbocycles. The van der Waals surface area contributed by atoms with Gasteiger partial charge in [0.2, 0.25) is 0 Å². The quantitative estimate of drug-likeness (QED) is 0.313. The first-order valence-electron chi connectivity index (χ1n) is 14.8. The third kappa shape index (κ3) is 3.17. The van der Waals surface area contributed by atoms with Gasteiger partial charge in [0, 0.05) is 6.92 Å². The van der Waals surface area contributed by atoms with E-state index in [2.05, 4.69) is 47.6 Å². The van der Waals surface area contributed by atoms with Crippen molar-refractivity contribution in [1.29, 1.82) is 0 Å². The van der Waals surface area contributed by atoms with Crippen LogP contribution in [0.15, 0.2) is 11.6 Å². The van der Waals surface area contributed by atoms with E-state index in [9.17, 15) is 14.7 Å². The van der Waals surface area contributed by atoms with Crippen molar-refractivity contribution in [2.24, 2.45) is 56.7 Å². The number of carbonyl (C=O) groups excluding carboxylic acids is 1. The predicted octanol–water partition coefficient (Wildman–Crippen LogP) is 7.66. The first-order valence-corrected chi connectivity index (χ1v) is 14.8. The number of carboxylic acids is 1. The van der Waals surface area contributed by atoms with Crippen molar-refractivity contribution in [1.82, 2.24) is 0 Å². The molecule has 0 spiro atoms. The summed E-state index contributed by atoms with van der Waals surface area (Å²) < 4.78 is 5.69. The summed E-state index contributed by atoms with van der Waals surface area (Å²) in [5, 5.41) is 10.5. The smallest absolute Gasteiger partial charge is 0.313 e. The summed E-state index contributed by atoms with van der Waals surface area (Å²) in [6.07, 6.45) is 12.0. The zero-order valence-corrected chi connectivity index (χ0v) is 24.1. The highest BCUT2D eigenvalue weighted by atomic mass is 16.5. The molecule has 0 bridgehead atoms. The lowest BCUT2D eigenvalue weighted by Gasteiger charge is -2.71. The fraction of sp³-hybridized carbons (Fsp3) is 0.875. The molecule has 1 unspecified atom stereocenters. The van der Waals surface area contributed by atoms with Gasteiger partial charge in [-0.25, -0.2) is 0 Å². The van der Waals surface area contributed by atoms with E-state index in [4.69, 9.17) is 4.74 Å². The van der Waals surface area contributed by atoms with Crippen LogP contribution in [0.1, 0.15) is 113 Å². The highest BCUT2D eigenvalue weighted by molar-refractivity contribution is 5.77. The minimum Gasteiger partial charge on any atom is -0.481 e. The zero-order valence-electron chi connectivity index (χ0n) is 24.1. The molecule has 4 nitrogen and oxygen atoms in total. The molecule has 11 atom stereocenters. The summed E-state index contributed by atoms with van der Waals surface area (Å²) in [7, 11) is 0. The Hall–Kier alpha value is -1.32. The van der Waals surface area contributed by atoms with E-state index < -0.39 is 17.5 Å². The molecule has 4 fully saturated rings. The third-order valence-electron chi connectivity index (χ3n) is 13.8. The molecular weight excluding hydrogens is 448 g/mol. The van der Waals surface area contributed by atoms with Gasteiger partial charge >= 0.3 is 11.9 Å². The summed E-state index contributed by atoms with van der Waals surface area (Å²) in [5.74, 6) is 1.47. The summed E-state index contributed by atoms with van der Waals surface area (Å²) >= 11 is 0. The predicted molar refractivity (Wildman–Crippen MR) is 142 cm³/mol. The van der Waals surface area contributed by atoms with Crippen molar-refractivity contribution in [3.8, 4) is 0 Å². The van der Waals surface area contributed by atoms with E-state index in [1.807, 2.05) is 6.92 Å². The Kier molecular flexibility index (Phi) is 5.91. The van der Waals surface area contributed by atoms with Gasteiger partial charge in [0.25, 0.3) is 0 Å². The SMILES string of the molecule is CC(=O)O[C@@H]1CC[C@]2(C)C3CC=C4[C@@H]5[C@@H](C)[C@H](C)CC[C@]5(C)CC[C@@]4(C)[C@]3(C)CC[C@H]2[C@@]1(C)C(=O)O. The fourth-order valence-electron chi connectivity index (χ4n) is 11.2. The van der Waals surface area contributed by atoms with Crippen LogP contribution in [0, 0.1) is 56.7 Å². The molecule has 0 aromatic rings. The molecule has 0 aromatic carbocycles. The molecule has 4 saturated carbocycles. The van der Waals surface area contributed by atoms with Crippen molar-refractivity contribution < 1.29 is 19.4 Å². The van der Waals surface area contributed by atoms with Gasteiger partial charge < -0.3 is 9.84 Å². The largest absolute Gasteiger partial charge is 0.481 e. The standard InChI is InChI=1S/C32H50O4/c1-19-11-14-28(4)17-18-30(6)22(26(28)20(19)2)9-10-23-29(5)15-13-25(36-21(3)33)32(8,27(34)35)24(29)12-16-31(23,30)7/h9,19-20,23-26H,10-18H2,1-8H3,(H,34,35)/t19-,20+,23?,24-,25-,26+,28-,29-,30-,31-,32-/m1/s1. The maximum absolute atomic E-state index is 12.9. The van der Waals surface area contributed by atoms with Gasteiger partial charge in [0.1, 0.15) is 11.5 Å². The Bertz CT molecular complexity index is 985. The van der Waals surface area contributed by atoms with Crippen LogP contribution in [0.5, 0.6) is 0 Å². The summed E-state index contributed by atoms with van der Waals surface area (Å²) in [6, 6.07) is 0. The average Bonchev–Trinajstić information content (AvgIpc) is 2.79. The average molecular weight is 499 g/mol. The molecular formula is C32H50O4. The number of allylic oxidation sites excluding steroid dienone is 2. The second kappa shape index (κ2) is 8.09. The summed E-state index contributed by atoms with van der Waals surface area (Å²) in [4.78, 5) is 24.8. The molecule has 1 N–H and O–H groups in total. The number of carboxylic acid groups (broad SMARTS) is 1. The van der Waals surface area contributed by atoms with Crippen LogP contribution in [0.25, 0.3) is 0 Å². The minimum atomic E-state index is -1.04. The van der Waals surface area contributed by atoms with Crippen molar-refractivity contribution in [2.75, 3.05) is 0 Å². The summed E-state index contributed by atoms with van der Waals surface area (Å²) in [5.41, 5.74) is 1.40. The third-order valence-corrected chi connectivity index (χ3v) is 13.8. The molecule has 36 heavy (non-hydrogen) atoms. The van der Waals surface area contributed by atoms with Crippen LogP contribution in [0.3, 0.4) is 0 Å². The molecule has 4 heteroatoms. The number of fused-ring (bicyclic) bond motifs is 7. The van der Waals surface area contributed by atoms with Gasteiger partial charge in [0.15, 0.2) is 0 Å². The number of aliphatic carboxylic acids is 1. The molecule has 0 aromatic heterocycles. The molecule has 5 rings (SSSR count). The van der Waals surface area contributed by atoms with Crippen LogP contribution in [-0.2, 0) is 14.3 Å². The number of hydrogen-bond donors (Lipinski definition) is 1. The van der Waals surface area contributed by atoms with Crippen LogP contribution in [-0.4, -0.2) is 23.1 Å². The lowest BCUT2D eigenvalue weighted by atomic mass is 9.33. The lowest BCUT2D eigenvalue weighted by molar-refractivity contribution is -0.223. The monoisotopic (exact) mass is 498 g/mol. The van der Waals surface area contributed by atoms with E-state index in [-0.39, 0.29) is 28.1 Å². The first kappa shape index (κ1) is 26.3. The number of hydrogen-bond acceptors (Lipinski definition) is 3. The number of ether oxygens (including phenoxy) is 1. The molecule has 0 saturated heterocycles. The highest BCUT2D eigenvalue weighted by Gasteiger charge is 2.70. The maximum atomic E-state index is 12.9. The molecule has 202 valence electrons. The van der Waals surface area contributed by atoms with E-state index in [1.165, 1.54) is 32.6 Å². The highest BCUT2D eigenvalue weighted by Crippen LogP contribution is 2.75. The van der Waals surface area contributed by atoms with E-state index in [0.29, 0.717) is 23.7 Å². The van der Waals surface area contributed by atoms with Crippen molar-refractivity contribution in [3.63, 3.8) is 0 Å². The van der Waals surface area contributed by atoms with Gasteiger partial charge in [-0.1, -0.05) is 53.2 Å². The van der Waals surface area contributed by atoms with Gasteiger partial charge in [-0.2, -0.15) is 0 Å². The van der Waals surface area contributed by atoms with Crippen LogP contribution in [0.4, 0.5) is 0 Å². The van der Waals surface area contributed by atoms with E-state index >= 15 is 0 Å². The van der Waals surface area contributed by atoms with E-state index in [1.54, 1.807) is 5.57 Å². The molecule has 0 amide bonds. The lowest BCUT2D eigenvalue weighted by Crippen LogP contribution is -2.66. The van der Waals surface area contributed by atoms with Crippen molar-refractivity contribution in [3.05, 3.63) is 11.6 Å². The number of rotatable bonds is 2. The van der Waals surface area contributed by atoms with Gasteiger partial charge in [-0.3, -0.25) is 9.59 Å². The molecule has 0 aliphatic heterocycles.